The number of aromatic nitrogens is 2. The highest BCUT2D eigenvalue weighted by atomic mass is 79.9. The molecule has 1 aromatic heterocycles. The van der Waals surface area contributed by atoms with Crippen LogP contribution in [0, 0.1) is 6.92 Å². The number of rotatable bonds is 1. The minimum absolute atomic E-state index is 1.12. The van der Waals surface area contributed by atoms with E-state index in [1.807, 2.05) is 4.68 Å². The van der Waals surface area contributed by atoms with Crippen LogP contribution in [-0.4, -0.2) is 9.78 Å². The molecule has 0 fully saturated rings. The number of benzene rings is 1. The predicted molar refractivity (Wildman–Crippen MR) is 72.6 cm³/mol. The summed E-state index contributed by atoms with van der Waals surface area (Å²) >= 11 is 3.69. The van der Waals surface area contributed by atoms with Gasteiger partial charge in [-0.25, -0.2) is 4.68 Å². The van der Waals surface area contributed by atoms with Crippen molar-refractivity contribution in [2.45, 2.75) is 32.6 Å². The first kappa shape index (κ1) is 11.0. The summed E-state index contributed by atoms with van der Waals surface area (Å²) < 4.78 is 3.16. The average Bonchev–Trinajstić information content (AvgIpc) is 2.69. The molecule has 0 spiro atoms. The summed E-state index contributed by atoms with van der Waals surface area (Å²) in [6, 6.07) is 8.50. The van der Waals surface area contributed by atoms with E-state index in [9.17, 15) is 0 Å². The van der Waals surface area contributed by atoms with E-state index in [1.54, 1.807) is 0 Å². The van der Waals surface area contributed by atoms with Crippen LogP contribution < -0.4 is 0 Å². The van der Waals surface area contributed by atoms with E-state index in [0.29, 0.717) is 0 Å². The topological polar surface area (TPSA) is 17.8 Å². The minimum Gasteiger partial charge on any atom is -0.226 e. The van der Waals surface area contributed by atoms with Crippen LogP contribution in [0.25, 0.3) is 5.69 Å². The molecule has 0 radical (unpaired) electrons. The highest BCUT2D eigenvalue weighted by molar-refractivity contribution is 9.10. The summed E-state index contributed by atoms with van der Waals surface area (Å²) in [4.78, 5) is 0. The third kappa shape index (κ3) is 1.93. The number of nitrogens with zero attached hydrogens (tertiary/aromatic N) is 2. The summed E-state index contributed by atoms with van der Waals surface area (Å²) in [6.45, 7) is 2.10. The molecular weight excluding hydrogens is 276 g/mol. The standard InChI is InChI=1S/C14H15BrN2/c1-10-6-8-11(9-7-10)17-14(15)12-4-2-3-5-13(12)16-17/h6-9H,2-5H2,1H3. The fourth-order valence-corrected chi connectivity index (χ4v) is 3.08. The molecule has 3 rings (SSSR count). The second kappa shape index (κ2) is 4.30. The zero-order chi connectivity index (χ0) is 11.8. The van der Waals surface area contributed by atoms with Gasteiger partial charge in [0.1, 0.15) is 4.60 Å². The van der Waals surface area contributed by atoms with Crippen molar-refractivity contribution < 1.29 is 0 Å². The molecule has 2 nitrogen and oxygen atoms in total. The van der Waals surface area contributed by atoms with E-state index < -0.39 is 0 Å². The van der Waals surface area contributed by atoms with Gasteiger partial charge >= 0.3 is 0 Å². The smallest absolute Gasteiger partial charge is 0.113 e. The van der Waals surface area contributed by atoms with Gasteiger partial charge in [0, 0.05) is 5.56 Å². The number of hydrogen-bond acceptors (Lipinski definition) is 1. The third-order valence-electron chi connectivity index (χ3n) is 3.37. The summed E-state index contributed by atoms with van der Waals surface area (Å²) in [6.07, 6.45) is 4.82. The van der Waals surface area contributed by atoms with Crippen LogP contribution in [0.4, 0.5) is 0 Å². The van der Waals surface area contributed by atoms with Crippen molar-refractivity contribution in [3.8, 4) is 5.69 Å². The quantitative estimate of drug-likeness (QED) is 0.781. The predicted octanol–water partition coefficient (Wildman–Crippen LogP) is 3.82. The largest absolute Gasteiger partial charge is 0.226 e. The lowest BCUT2D eigenvalue weighted by Crippen LogP contribution is -2.00. The van der Waals surface area contributed by atoms with E-state index in [-0.39, 0.29) is 0 Å². The Labute approximate surface area is 110 Å². The molecular formula is C14H15BrN2. The van der Waals surface area contributed by atoms with Crippen molar-refractivity contribution in [2.75, 3.05) is 0 Å². The van der Waals surface area contributed by atoms with Gasteiger partial charge in [-0.1, -0.05) is 17.7 Å². The maximum atomic E-state index is 4.72. The molecule has 0 aliphatic heterocycles. The van der Waals surface area contributed by atoms with Gasteiger partial charge in [-0.15, -0.1) is 0 Å². The molecule has 0 saturated carbocycles. The maximum Gasteiger partial charge on any atom is 0.113 e. The lowest BCUT2D eigenvalue weighted by atomic mass is 9.99. The monoisotopic (exact) mass is 290 g/mol. The molecule has 2 aromatic rings. The molecule has 1 aliphatic rings. The van der Waals surface area contributed by atoms with Crippen LogP contribution in [0.1, 0.15) is 29.7 Å². The van der Waals surface area contributed by atoms with Crippen molar-refractivity contribution in [1.82, 2.24) is 9.78 Å². The molecule has 0 N–H and O–H groups in total. The van der Waals surface area contributed by atoms with Crippen molar-refractivity contribution in [3.63, 3.8) is 0 Å². The number of hydrogen-bond donors (Lipinski definition) is 0. The van der Waals surface area contributed by atoms with Crippen molar-refractivity contribution in [1.29, 1.82) is 0 Å². The molecule has 88 valence electrons. The fraction of sp³-hybridized carbons (Fsp3) is 0.357. The highest BCUT2D eigenvalue weighted by Gasteiger charge is 2.19. The van der Waals surface area contributed by atoms with Crippen LogP contribution in [0.5, 0.6) is 0 Å². The summed E-state index contributed by atoms with van der Waals surface area (Å²) in [5.41, 5.74) is 5.08. The lowest BCUT2D eigenvalue weighted by Gasteiger charge is -2.08. The van der Waals surface area contributed by atoms with Crippen molar-refractivity contribution in [3.05, 3.63) is 45.7 Å². The van der Waals surface area contributed by atoms with Crippen LogP contribution in [0.15, 0.2) is 28.9 Å². The van der Waals surface area contributed by atoms with Gasteiger partial charge in [0.15, 0.2) is 0 Å². The van der Waals surface area contributed by atoms with Crippen LogP contribution >= 0.6 is 15.9 Å². The van der Waals surface area contributed by atoms with E-state index in [2.05, 4.69) is 47.1 Å². The Kier molecular flexibility index (Phi) is 2.79. The third-order valence-corrected chi connectivity index (χ3v) is 4.19. The van der Waals surface area contributed by atoms with Gasteiger partial charge in [-0.3, -0.25) is 0 Å². The summed E-state index contributed by atoms with van der Waals surface area (Å²) in [5.74, 6) is 0. The summed E-state index contributed by atoms with van der Waals surface area (Å²) in [7, 11) is 0. The van der Waals surface area contributed by atoms with Gasteiger partial charge in [0.05, 0.1) is 11.4 Å². The Morgan fingerprint density at radius 1 is 1.12 bits per heavy atom. The molecule has 0 atom stereocenters. The Balaban J connectivity index is 2.09. The molecule has 0 saturated heterocycles. The SMILES string of the molecule is Cc1ccc(-n2nc3c(c2Br)CCCC3)cc1. The first-order valence-electron chi connectivity index (χ1n) is 6.09. The Morgan fingerprint density at radius 3 is 2.53 bits per heavy atom. The lowest BCUT2D eigenvalue weighted by molar-refractivity contribution is 0.671. The molecule has 1 aromatic carbocycles. The highest BCUT2D eigenvalue weighted by Crippen LogP contribution is 2.29. The first-order chi connectivity index (χ1) is 8.25. The van der Waals surface area contributed by atoms with Gasteiger partial charge < -0.3 is 0 Å². The van der Waals surface area contributed by atoms with Crippen LogP contribution in [-0.2, 0) is 12.8 Å². The normalized spacial score (nSPS) is 14.7. The molecule has 0 unspecified atom stereocenters. The van der Waals surface area contributed by atoms with Crippen molar-refractivity contribution >= 4 is 15.9 Å². The Bertz CT molecular complexity index is 540. The first-order valence-corrected chi connectivity index (χ1v) is 6.88. The van der Waals surface area contributed by atoms with Gasteiger partial charge in [0.25, 0.3) is 0 Å². The second-order valence-electron chi connectivity index (χ2n) is 4.67. The van der Waals surface area contributed by atoms with Gasteiger partial charge in [0.2, 0.25) is 0 Å². The zero-order valence-corrected chi connectivity index (χ0v) is 11.5. The van der Waals surface area contributed by atoms with Crippen LogP contribution in [0.2, 0.25) is 0 Å². The Morgan fingerprint density at radius 2 is 1.82 bits per heavy atom. The second-order valence-corrected chi connectivity index (χ2v) is 5.42. The zero-order valence-electron chi connectivity index (χ0n) is 9.91. The minimum atomic E-state index is 1.12. The molecule has 0 amide bonds. The number of halogens is 1. The molecule has 3 heteroatoms. The molecule has 17 heavy (non-hydrogen) atoms. The van der Waals surface area contributed by atoms with Crippen LogP contribution in [0.3, 0.4) is 0 Å². The fourth-order valence-electron chi connectivity index (χ4n) is 2.37. The number of fused-ring (bicyclic) bond motifs is 1. The van der Waals surface area contributed by atoms with Gasteiger partial charge in [-0.2, -0.15) is 5.10 Å². The average molecular weight is 291 g/mol. The van der Waals surface area contributed by atoms with E-state index in [0.717, 1.165) is 23.1 Å². The van der Waals surface area contributed by atoms with Crippen molar-refractivity contribution in [2.24, 2.45) is 0 Å². The Hall–Kier alpha value is -1.09. The van der Waals surface area contributed by atoms with E-state index in [4.69, 9.17) is 5.10 Å². The molecule has 1 heterocycles. The van der Waals surface area contributed by atoms with E-state index in [1.165, 1.54) is 29.7 Å². The van der Waals surface area contributed by atoms with E-state index >= 15 is 0 Å². The molecule has 1 aliphatic carbocycles. The number of aryl methyl sites for hydroxylation is 2. The summed E-state index contributed by atoms with van der Waals surface area (Å²) in [5, 5.41) is 4.72. The maximum absolute atomic E-state index is 4.72. The van der Waals surface area contributed by atoms with Gasteiger partial charge in [-0.05, 0) is 60.7 Å². The molecule has 0 bridgehead atoms.